The van der Waals surface area contributed by atoms with Gasteiger partial charge in [0.15, 0.2) is 0 Å². The van der Waals surface area contributed by atoms with E-state index in [1.807, 2.05) is 0 Å². The fourth-order valence-electron chi connectivity index (χ4n) is 1.81. The van der Waals surface area contributed by atoms with E-state index in [-0.39, 0.29) is 17.2 Å². The maximum atomic E-state index is 12.3. The molecule has 0 radical (unpaired) electrons. The standard InChI is InChI=1S/C15H15ClN2O3/c1-20-11-7-12(14(17)13(8-11)21-2)15(19)18-10-5-3-9(16)4-6-10/h3-8H,17H2,1-2H3,(H,18,19). The zero-order valence-electron chi connectivity index (χ0n) is 11.6. The van der Waals surface area contributed by atoms with Gasteiger partial charge in [0.2, 0.25) is 0 Å². The van der Waals surface area contributed by atoms with Crippen molar-refractivity contribution in [2.45, 2.75) is 0 Å². The molecule has 0 aliphatic rings. The average Bonchev–Trinajstić information content (AvgIpc) is 2.49. The summed E-state index contributed by atoms with van der Waals surface area (Å²) in [5, 5.41) is 3.33. The summed E-state index contributed by atoms with van der Waals surface area (Å²) in [6, 6.07) is 9.96. The van der Waals surface area contributed by atoms with Crippen molar-refractivity contribution in [3.05, 3.63) is 47.0 Å². The average molecular weight is 307 g/mol. The van der Waals surface area contributed by atoms with E-state index in [1.54, 1.807) is 36.4 Å². The summed E-state index contributed by atoms with van der Waals surface area (Å²) < 4.78 is 10.3. The zero-order chi connectivity index (χ0) is 15.4. The number of carbonyl (C=O) groups excluding carboxylic acids is 1. The first kappa shape index (κ1) is 15.0. The number of nitrogens with one attached hydrogen (secondary N) is 1. The topological polar surface area (TPSA) is 73.6 Å². The Bertz CT molecular complexity index is 657. The molecule has 5 nitrogen and oxygen atoms in total. The van der Waals surface area contributed by atoms with Gasteiger partial charge in [-0.15, -0.1) is 0 Å². The van der Waals surface area contributed by atoms with E-state index in [0.717, 1.165) is 0 Å². The van der Waals surface area contributed by atoms with E-state index in [4.69, 9.17) is 26.8 Å². The van der Waals surface area contributed by atoms with E-state index >= 15 is 0 Å². The first-order valence-corrected chi connectivity index (χ1v) is 6.51. The number of hydrogen-bond acceptors (Lipinski definition) is 4. The molecule has 0 saturated heterocycles. The summed E-state index contributed by atoms with van der Waals surface area (Å²) in [4.78, 5) is 12.3. The smallest absolute Gasteiger partial charge is 0.258 e. The number of carbonyl (C=O) groups is 1. The molecule has 0 heterocycles. The number of rotatable bonds is 4. The number of nitrogens with two attached hydrogens (primary N) is 1. The Hall–Kier alpha value is -2.40. The molecule has 0 unspecified atom stereocenters. The van der Waals surface area contributed by atoms with E-state index in [2.05, 4.69) is 5.32 Å². The number of amides is 1. The maximum absolute atomic E-state index is 12.3. The Labute approximate surface area is 127 Å². The first-order valence-electron chi connectivity index (χ1n) is 6.13. The molecule has 0 aliphatic carbocycles. The van der Waals surface area contributed by atoms with Crippen LogP contribution in [0.25, 0.3) is 0 Å². The lowest BCUT2D eigenvalue weighted by Gasteiger charge is -2.13. The molecule has 2 aromatic carbocycles. The Morgan fingerprint density at radius 3 is 2.38 bits per heavy atom. The van der Waals surface area contributed by atoms with Crippen LogP contribution in [0.5, 0.6) is 11.5 Å². The third-order valence-electron chi connectivity index (χ3n) is 2.92. The second-order valence-electron chi connectivity index (χ2n) is 4.25. The number of hydrogen-bond donors (Lipinski definition) is 2. The minimum absolute atomic E-state index is 0.254. The predicted molar refractivity (Wildman–Crippen MR) is 83.4 cm³/mol. The van der Waals surface area contributed by atoms with Crippen LogP contribution in [0.4, 0.5) is 11.4 Å². The van der Waals surface area contributed by atoms with E-state index < -0.39 is 0 Å². The van der Waals surface area contributed by atoms with Gasteiger partial charge >= 0.3 is 0 Å². The van der Waals surface area contributed by atoms with Crippen molar-refractivity contribution in [2.75, 3.05) is 25.3 Å². The van der Waals surface area contributed by atoms with Gasteiger partial charge in [0.1, 0.15) is 11.5 Å². The van der Waals surface area contributed by atoms with Gasteiger partial charge in [0.05, 0.1) is 25.5 Å². The summed E-state index contributed by atoms with van der Waals surface area (Å²) in [6.07, 6.45) is 0. The molecule has 21 heavy (non-hydrogen) atoms. The van der Waals surface area contributed by atoms with Crippen molar-refractivity contribution in [1.82, 2.24) is 0 Å². The minimum atomic E-state index is -0.355. The van der Waals surface area contributed by atoms with Gasteiger partial charge in [-0.3, -0.25) is 4.79 Å². The second-order valence-corrected chi connectivity index (χ2v) is 4.69. The largest absolute Gasteiger partial charge is 0.497 e. The van der Waals surface area contributed by atoms with Crippen molar-refractivity contribution in [3.63, 3.8) is 0 Å². The number of anilines is 2. The molecule has 0 fully saturated rings. The minimum Gasteiger partial charge on any atom is -0.497 e. The van der Waals surface area contributed by atoms with E-state index in [9.17, 15) is 4.79 Å². The SMILES string of the molecule is COc1cc(OC)c(N)c(C(=O)Nc2ccc(Cl)cc2)c1. The number of methoxy groups -OCH3 is 2. The van der Waals surface area contributed by atoms with Crippen molar-refractivity contribution in [1.29, 1.82) is 0 Å². The van der Waals surface area contributed by atoms with Crippen LogP contribution >= 0.6 is 11.6 Å². The van der Waals surface area contributed by atoms with Crippen LogP contribution in [0.2, 0.25) is 5.02 Å². The van der Waals surface area contributed by atoms with Gasteiger partial charge in [-0.2, -0.15) is 0 Å². The zero-order valence-corrected chi connectivity index (χ0v) is 12.4. The van der Waals surface area contributed by atoms with Crippen molar-refractivity contribution >= 4 is 28.9 Å². The van der Waals surface area contributed by atoms with Gasteiger partial charge in [-0.05, 0) is 30.3 Å². The van der Waals surface area contributed by atoms with Crippen LogP contribution in [0.15, 0.2) is 36.4 Å². The van der Waals surface area contributed by atoms with E-state index in [1.165, 1.54) is 14.2 Å². The Morgan fingerprint density at radius 2 is 1.81 bits per heavy atom. The number of halogens is 1. The Morgan fingerprint density at radius 1 is 1.14 bits per heavy atom. The fourth-order valence-corrected chi connectivity index (χ4v) is 1.93. The number of nitrogen functional groups attached to an aromatic ring is 1. The lowest BCUT2D eigenvalue weighted by molar-refractivity contribution is 0.102. The van der Waals surface area contributed by atoms with Crippen LogP contribution < -0.4 is 20.5 Å². The van der Waals surface area contributed by atoms with Crippen LogP contribution in [0, 0.1) is 0 Å². The van der Waals surface area contributed by atoms with Gasteiger partial charge in [0, 0.05) is 16.8 Å². The molecular formula is C15H15ClN2O3. The van der Waals surface area contributed by atoms with Gasteiger partial charge < -0.3 is 20.5 Å². The summed E-state index contributed by atoms with van der Waals surface area (Å²) in [5.74, 6) is 0.518. The van der Waals surface area contributed by atoms with Crippen LogP contribution in [-0.2, 0) is 0 Å². The Kier molecular flexibility index (Phi) is 4.55. The molecule has 1 amide bonds. The molecule has 0 bridgehead atoms. The lowest BCUT2D eigenvalue weighted by atomic mass is 10.1. The first-order chi connectivity index (χ1) is 10.0. The molecule has 0 aromatic heterocycles. The highest BCUT2D eigenvalue weighted by atomic mass is 35.5. The molecule has 0 spiro atoms. The van der Waals surface area contributed by atoms with Crippen molar-refractivity contribution in [2.24, 2.45) is 0 Å². The number of benzene rings is 2. The summed E-state index contributed by atoms with van der Waals surface area (Å²) in [7, 11) is 2.98. The van der Waals surface area contributed by atoms with Crippen LogP contribution in [0.3, 0.4) is 0 Å². The molecule has 0 atom stereocenters. The molecule has 0 saturated carbocycles. The highest BCUT2D eigenvalue weighted by Gasteiger charge is 2.16. The summed E-state index contributed by atoms with van der Waals surface area (Å²) in [5.41, 5.74) is 7.08. The summed E-state index contributed by atoms with van der Waals surface area (Å²) in [6.45, 7) is 0. The molecule has 6 heteroatoms. The quantitative estimate of drug-likeness (QED) is 0.851. The lowest BCUT2D eigenvalue weighted by Crippen LogP contribution is -2.14. The van der Waals surface area contributed by atoms with Crippen LogP contribution in [0.1, 0.15) is 10.4 Å². The third kappa shape index (κ3) is 3.38. The van der Waals surface area contributed by atoms with Gasteiger partial charge in [0.25, 0.3) is 5.91 Å². The number of ether oxygens (including phenoxy) is 2. The van der Waals surface area contributed by atoms with Gasteiger partial charge in [-0.1, -0.05) is 11.6 Å². The molecule has 0 aliphatic heterocycles. The second kappa shape index (κ2) is 6.37. The third-order valence-corrected chi connectivity index (χ3v) is 3.17. The predicted octanol–water partition coefficient (Wildman–Crippen LogP) is 3.19. The highest BCUT2D eigenvalue weighted by Crippen LogP contribution is 2.31. The molecular weight excluding hydrogens is 292 g/mol. The fraction of sp³-hybridized carbons (Fsp3) is 0.133. The van der Waals surface area contributed by atoms with Gasteiger partial charge in [-0.25, -0.2) is 0 Å². The molecule has 110 valence electrons. The Balaban J connectivity index is 2.32. The molecule has 2 rings (SSSR count). The maximum Gasteiger partial charge on any atom is 0.258 e. The summed E-state index contributed by atoms with van der Waals surface area (Å²) >= 11 is 5.80. The monoisotopic (exact) mass is 306 g/mol. The highest BCUT2D eigenvalue weighted by molar-refractivity contribution is 6.30. The van der Waals surface area contributed by atoms with Crippen molar-refractivity contribution < 1.29 is 14.3 Å². The van der Waals surface area contributed by atoms with E-state index in [0.29, 0.717) is 22.2 Å². The molecule has 3 N–H and O–H groups in total. The van der Waals surface area contributed by atoms with Crippen LogP contribution in [-0.4, -0.2) is 20.1 Å². The normalized spacial score (nSPS) is 10.0. The van der Waals surface area contributed by atoms with Crippen molar-refractivity contribution in [3.8, 4) is 11.5 Å². The molecule has 2 aromatic rings.